The van der Waals surface area contributed by atoms with Crippen LogP contribution < -0.4 is 0 Å². The van der Waals surface area contributed by atoms with E-state index in [-0.39, 0.29) is 0 Å². The zero-order valence-corrected chi connectivity index (χ0v) is 29.4. The van der Waals surface area contributed by atoms with Crippen molar-refractivity contribution in [3.8, 4) is 67.5 Å². The van der Waals surface area contributed by atoms with Crippen LogP contribution in [0.2, 0.25) is 0 Å². The fraction of sp³-hybridized carbons (Fsp3) is 0. The van der Waals surface area contributed by atoms with Crippen LogP contribution >= 0.6 is 0 Å². The number of rotatable bonds is 6. The van der Waals surface area contributed by atoms with Crippen LogP contribution in [0, 0.1) is 0 Å². The summed E-state index contributed by atoms with van der Waals surface area (Å²) in [6.07, 6.45) is 0. The Kier molecular flexibility index (Phi) is 7.81. The van der Waals surface area contributed by atoms with E-state index >= 15 is 0 Å². The molecule has 0 amide bonds. The number of nitrogens with zero attached hydrogens (tertiary/aromatic N) is 3. The fourth-order valence-corrected chi connectivity index (χ4v) is 7.67. The molecule has 3 heteroatoms. The Hall–Kier alpha value is -7.23. The lowest BCUT2D eigenvalue weighted by Crippen LogP contribution is -2.01. The largest absolute Gasteiger partial charge is 0.208 e. The summed E-state index contributed by atoms with van der Waals surface area (Å²) in [6.45, 7) is 0. The van der Waals surface area contributed by atoms with E-state index in [4.69, 9.17) is 15.0 Å². The molecule has 0 unspecified atom stereocenters. The molecule has 10 aromatic rings. The average Bonchev–Trinajstić information content (AvgIpc) is 3.27. The summed E-state index contributed by atoms with van der Waals surface area (Å²) in [5, 5.41) is 7.09. The Balaban J connectivity index is 1.23. The molecule has 0 atom stereocenters. The average molecular weight is 688 g/mol. The van der Waals surface area contributed by atoms with E-state index in [1.54, 1.807) is 0 Å². The monoisotopic (exact) mass is 687 g/mol. The number of aromatic nitrogens is 3. The Labute approximate surface area is 313 Å². The number of benzene rings is 9. The Morgan fingerprint density at radius 3 is 1.19 bits per heavy atom. The van der Waals surface area contributed by atoms with Gasteiger partial charge in [-0.2, -0.15) is 0 Å². The Morgan fingerprint density at radius 2 is 0.611 bits per heavy atom. The second kappa shape index (κ2) is 13.4. The minimum Gasteiger partial charge on any atom is -0.208 e. The number of fused-ring (bicyclic) bond motifs is 6. The van der Waals surface area contributed by atoms with Gasteiger partial charge in [0.25, 0.3) is 0 Å². The molecule has 0 N–H and O–H groups in total. The summed E-state index contributed by atoms with van der Waals surface area (Å²) >= 11 is 0. The van der Waals surface area contributed by atoms with E-state index in [9.17, 15) is 0 Å². The van der Waals surface area contributed by atoms with Crippen molar-refractivity contribution in [2.45, 2.75) is 0 Å². The molecule has 0 aliphatic carbocycles. The lowest BCUT2D eigenvalue weighted by atomic mass is 9.88. The SMILES string of the molecule is c1ccc(-c2ccc(-c3cccc(-c4cc(-c5nc(-c6ccccc6)nc(-c6ccccc6)n5)c5c6ccccc6c6ccccc6c5c4)c3)cc2)cc1. The van der Waals surface area contributed by atoms with Gasteiger partial charge in [0.1, 0.15) is 0 Å². The summed E-state index contributed by atoms with van der Waals surface area (Å²) in [6, 6.07) is 70.6. The minimum absolute atomic E-state index is 0.641. The smallest absolute Gasteiger partial charge is 0.164 e. The van der Waals surface area contributed by atoms with E-state index in [0.29, 0.717) is 17.5 Å². The normalized spacial score (nSPS) is 11.3. The number of hydrogen-bond acceptors (Lipinski definition) is 3. The first-order valence-corrected chi connectivity index (χ1v) is 18.3. The predicted molar refractivity (Wildman–Crippen MR) is 225 cm³/mol. The van der Waals surface area contributed by atoms with E-state index < -0.39 is 0 Å². The zero-order valence-electron chi connectivity index (χ0n) is 29.4. The summed E-state index contributed by atoms with van der Waals surface area (Å²) in [5.74, 6) is 1.93. The second-order valence-electron chi connectivity index (χ2n) is 13.6. The highest BCUT2D eigenvalue weighted by Gasteiger charge is 2.19. The van der Waals surface area contributed by atoms with Crippen molar-refractivity contribution >= 4 is 32.3 Å². The van der Waals surface area contributed by atoms with Crippen LogP contribution in [0.25, 0.3) is 99.9 Å². The third-order valence-corrected chi connectivity index (χ3v) is 10.3. The Bertz CT molecular complexity index is 2900. The lowest BCUT2D eigenvalue weighted by molar-refractivity contribution is 1.08. The highest BCUT2D eigenvalue weighted by molar-refractivity contribution is 6.28. The molecule has 0 saturated carbocycles. The fourth-order valence-electron chi connectivity index (χ4n) is 7.67. The molecular formula is C51H33N3. The van der Waals surface area contributed by atoms with Gasteiger partial charge in [-0.15, -0.1) is 0 Å². The van der Waals surface area contributed by atoms with Gasteiger partial charge in [-0.3, -0.25) is 0 Å². The molecule has 0 aliphatic heterocycles. The second-order valence-corrected chi connectivity index (χ2v) is 13.6. The van der Waals surface area contributed by atoms with Gasteiger partial charge in [0.15, 0.2) is 17.5 Å². The highest BCUT2D eigenvalue weighted by Crippen LogP contribution is 2.43. The van der Waals surface area contributed by atoms with Crippen molar-refractivity contribution in [2.75, 3.05) is 0 Å². The summed E-state index contributed by atoms with van der Waals surface area (Å²) in [4.78, 5) is 15.5. The van der Waals surface area contributed by atoms with Crippen molar-refractivity contribution in [3.63, 3.8) is 0 Å². The standard InChI is InChI=1S/C51H33N3/c1-4-15-34(16-5-1)35-27-29-36(30-28-35)39-21-14-22-40(31-39)41-32-46-44-25-11-10-23-42(44)43-24-12-13-26-45(43)48(46)47(33-41)51-53-49(37-17-6-2-7-18-37)52-50(54-51)38-19-8-3-9-20-38/h1-33H. The lowest BCUT2D eigenvalue weighted by Gasteiger charge is -2.17. The van der Waals surface area contributed by atoms with E-state index in [0.717, 1.165) is 44.2 Å². The minimum atomic E-state index is 0.641. The maximum atomic E-state index is 5.25. The molecule has 3 nitrogen and oxygen atoms in total. The third-order valence-electron chi connectivity index (χ3n) is 10.3. The molecule has 0 spiro atoms. The first kappa shape index (κ1) is 31.5. The van der Waals surface area contributed by atoms with Crippen LogP contribution in [0.3, 0.4) is 0 Å². The first-order chi connectivity index (χ1) is 26.8. The summed E-state index contributed by atoms with van der Waals surface area (Å²) in [5.41, 5.74) is 9.84. The van der Waals surface area contributed by atoms with Gasteiger partial charge in [-0.25, -0.2) is 15.0 Å². The van der Waals surface area contributed by atoms with Crippen molar-refractivity contribution in [2.24, 2.45) is 0 Å². The van der Waals surface area contributed by atoms with Crippen molar-refractivity contribution in [1.82, 2.24) is 15.0 Å². The van der Waals surface area contributed by atoms with E-state index in [1.807, 2.05) is 36.4 Å². The van der Waals surface area contributed by atoms with Crippen molar-refractivity contribution in [3.05, 3.63) is 200 Å². The summed E-state index contributed by atoms with van der Waals surface area (Å²) in [7, 11) is 0. The van der Waals surface area contributed by atoms with Crippen LogP contribution in [0.4, 0.5) is 0 Å². The maximum absolute atomic E-state index is 5.25. The third kappa shape index (κ3) is 5.69. The zero-order chi connectivity index (χ0) is 35.8. The maximum Gasteiger partial charge on any atom is 0.164 e. The molecule has 0 bridgehead atoms. The van der Waals surface area contributed by atoms with Gasteiger partial charge in [-0.05, 0) is 78.5 Å². The van der Waals surface area contributed by atoms with Gasteiger partial charge in [-0.1, -0.05) is 182 Å². The van der Waals surface area contributed by atoms with Gasteiger partial charge in [0.2, 0.25) is 0 Å². The molecule has 9 aromatic carbocycles. The van der Waals surface area contributed by atoms with E-state index in [1.165, 1.54) is 38.2 Å². The Morgan fingerprint density at radius 1 is 0.222 bits per heavy atom. The molecule has 54 heavy (non-hydrogen) atoms. The molecule has 1 aromatic heterocycles. The molecule has 0 radical (unpaired) electrons. The molecule has 252 valence electrons. The topological polar surface area (TPSA) is 38.7 Å². The molecule has 1 heterocycles. The van der Waals surface area contributed by atoms with Crippen LogP contribution in [0.1, 0.15) is 0 Å². The quantitative estimate of drug-likeness (QED) is 0.163. The van der Waals surface area contributed by atoms with Crippen molar-refractivity contribution < 1.29 is 0 Å². The number of hydrogen-bond donors (Lipinski definition) is 0. The van der Waals surface area contributed by atoms with Gasteiger partial charge in [0, 0.05) is 22.1 Å². The van der Waals surface area contributed by atoms with Crippen molar-refractivity contribution in [1.29, 1.82) is 0 Å². The predicted octanol–water partition coefficient (Wildman–Crippen LogP) is 13.3. The van der Waals surface area contributed by atoms with Crippen LogP contribution in [-0.4, -0.2) is 15.0 Å². The van der Waals surface area contributed by atoms with Crippen LogP contribution in [0.15, 0.2) is 200 Å². The van der Waals surface area contributed by atoms with E-state index in [2.05, 4.69) is 164 Å². The van der Waals surface area contributed by atoms with Crippen LogP contribution in [-0.2, 0) is 0 Å². The highest BCUT2D eigenvalue weighted by atomic mass is 15.0. The molecule has 0 aliphatic rings. The first-order valence-electron chi connectivity index (χ1n) is 18.3. The van der Waals surface area contributed by atoms with Gasteiger partial charge in [0.05, 0.1) is 0 Å². The van der Waals surface area contributed by atoms with Gasteiger partial charge < -0.3 is 0 Å². The molecule has 10 rings (SSSR count). The summed E-state index contributed by atoms with van der Waals surface area (Å²) < 4.78 is 0. The molecule has 0 saturated heterocycles. The molecule has 0 fully saturated rings. The van der Waals surface area contributed by atoms with Crippen LogP contribution in [0.5, 0.6) is 0 Å². The van der Waals surface area contributed by atoms with Gasteiger partial charge >= 0.3 is 0 Å². The molecular weight excluding hydrogens is 655 g/mol.